The molecule has 0 spiro atoms. The minimum atomic E-state index is -1.58. The van der Waals surface area contributed by atoms with Gasteiger partial charge in [0.1, 0.15) is 18.1 Å². The Balaban J connectivity index is 5.65. The van der Waals surface area contributed by atoms with Crippen LogP contribution in [0, 0.1) is 5.92 Å². The molecule has 0 aliphatic rings. The van der Waals surface area contributed by atoms with Gasteiger partial charge in [0.25, 0.3) is 0 Å². The van der Waals surface area contributed by atoms with Crippen molar-refractivity contribution in [2.24, 2.45) is 23.1 Å². The summed E-state index contributed by atoms with van der Waals surface area (Å²) in [6, 6.07) is -5.35. The summed E-state index contributed by atoms with van der Waals surface area (Å²) in [5.74, 6) is -7.25. The van der Waals surface area contributed by atoms with E-state index in [1.54, 1.807) is 13.8 Å². The number of primary amides is 2. The molecule has 0 aliphatic carbocycles. The number of nitrogens with two attached hydrogens (primary N) is 3. The highest BCUT2D eigenvalue weighted by molar-refractivity contribution is 5.94. The molecular weight excluding hydrogens is 468 g/mol. The lowest BCUT2D eigenvalue weighted by molar-refractivity contribution is -0.143. The van der Waals surface area contributed by atoms with Gasteiger partial charge in [-0.15, -0.1) is 0 Å². The van der Waals surface area contributed by atoms with Crippen molar-refractivity contribution < 1.29 is 43.8 Å². The first-order valence-electron chi connectivity index (χ1n) is 10.8. The highest BCUT2D eigenvalue weighted by atomic mass is 16.4. The van der Waals surface area contributed by atoms with Gasteiger partial charge >= 0.3 is 11.9 Å². The Morgan fingerprint density at radius 2 is 1.03 bits per heavy atom. The Morgan fingerprint density at radius 1 is 0.657 bits per heavy atom. The number of carbonyl (C=O) groups excluding carboxylic acids is 5. The molecule has 0 fully saturated rings. The average Bonchev–Trinajstić information content (AvgIpc) is 2.74. The van der Waals surface area contributed by atoms with E-state index >= 15 is 0 Å². The molecule has 15 nitrogen and oxygen atoms in total. The molecule has 0 rings (SSSR count). The van der Waals surface area contributed by atoms with Gasteiger partial charge in [-0.2, -0.15) is 0 Å². The van der Waals surface area contributed by atoms with Gasteiger partial charge in [-0.3, -0.25) is 28.8 Å². The Bertz CT molecular complexity index is 817. The summed E-state index contributed by atoms with van der Waals surface area (Å²) in [5, 5.41) is 24.8. The molecule has 0 aromatic carbocycles. The van der Waals surface area contributed by atoms with Crippen LogP contribution in [0.15, 0.2) is 0 Å². The number of amides is 5. The highest BCUT2D eigenvalue weighted by Crippen LogP contribution is 2.06. The van der Waals surface area contributed by atoms with Gasteiger partial charge in [-0.1, -0.05) is 13.8 Å². The third kappa shape index (κ3) is 12.9. The van der Waals surface area contributed by atoms with E-state index in [1.807, 2.05) is 0 Å². The summed E-state index contributed by atoms with van der Waals surface area (Å²) >= 11 is 0. The SMILES string of the molecule is CC(C)C(N)C(=O)NC(CCC(N)=O)C(=O)NC(CCC(N)=O)C(=O)NC(CCC(=O)O)C(=O)O. The van der Waals surface area contributed by atoms with Gasteiger partial charge in [0, 0.05) is 19.3 Å². The van der Waals surface area contributed by atoms with Crippen molar-refractivity contribution in [1.82, 2.24) is 16.0 Å². The molecule has 0 heterocycles. The number of carboxylic acids is 2. The van der Waals surface area contributed by atoms with Crippen molar-refractivity contribution in [2.75, 3.05) is 0 Å². The van der Waals surface area contributed by atoms with Crippen LogP contribution in [0.5, 0.6) is 0 Å². The molecule has 0 saturated heterocycles. The minimum Gasteiger partial charge on any atom is -0.481 e. The molecule has 0 aromatic rings. The first kappa shape index (κ1) is 31.2. The van der Waals surface area contributed by atoms with Crippen LogP contribution in [0.2, 0.25) is 0 Å². The summed E-state index contributed by atoms with van der Waals surface area (Å²) in [5.41, 5.74) is 16.0. The predicted molar refractivity (Wildman–Crippen MR) is 120 cm³/mol. The number of carbonyl (C=O) groups is 7. The molecule has 11 N–H and O–H groups in total. The van der Waals surface area contributed by atoms with Crippen molar-refractivity contribution >= 4 is 41.5 Å². The summed E-state index contributed by atoms with van der Waals surface area (Å²) in [7, 11) is 0. The topological polar surface area (TPSA) is 274 Å². The summed E-state index contributed by atoms with van der Waals surface area (Å²) in [6.45, 7) is 3.35. The van der Waals surface area contributed by atoms with Crippen LogP contribution < -0.4 is 33.2 Å². The normalized spacial score (nSPS) is 14.2. The quantitative estimate of drug-likeness (QED) is 0.0991. The standard InChI is InChI=1S/C20H34N6O9/c1-9(2)16(23)19(33)25-11(4-7-14(22)28)17(31)24-10(3-6-13(21)27)18(32)26-12(20(34)35)5-8-15(29)30/h9-12,16H,3-8,23H2,1-2H3,(H2,21,27)(H2,22,28)(H,24,31)(H,25,33)(H,26,32)(H,29,30)(H,34,35). The lowest BCUT2D eigenvalue weighted by atomic mass is 10.0. The van der Waals surface area contributed by atoms with Gasteiger partial charge in [0.2, 0.25) is 29.5 Å². The van der Waals surface area contributed by atoms with Crippen molar-refractivity contribution in [3.8, 4) is 0 Å². The highest BCUT2D eigenvalue weighted by Gasteiger charge is 2.31. The third-order valence-corrected chi connectivity index (χ3v) is 4.91. The molecule has 0 aliphatic heterocycles. The molecule has 0 saturated carbocycles. The summed E-state index contributed by atoms with van der Waals surface area (Å²) < 4.78 is 0. The number of hydrogen-bond acceptors (Lipinski definition) is 8. The van der Waals surface area contributed by atoms with Crippen LogP contribution in [-0.2, 0) is 33.6 Å². The summed E-state index contributed by atoms with van der Waals surface area (Å²) in [6.07, 6.45) is -2.17. The number of nitrogens with one attached hydrogen (secondary N) is 3. The monoisotopic (exact) mass is 502 g/mol. The predicted octanol–water partition coefficient (Wildman–Crippen LogP) is -3.10. The Kier molecular flexibility index (Phi) is 13.6. The maximum atomic E-state index is 12.9. The molecule has 5 amide bonds. The minimum absolute atomic E-state index is 0.224. The van der Waals surface area contributed by atoms with Crippen LogP contribution >= 0.6 is 0 Å². The van der Waals surface area contributed by atoms with Crippen LogP contribution in [-0.4, -0.2) is 75.9 Å². The molecule has 0 radical (unpaired) electrons. The Hall–Kier alpha value is -3.75. The second kappa shape index (κ2) is 15.2. The first-order chi connectivity index (χ1) is 16.1. The smallest absolute Gasteiger partial charge is 0.326 e. The van der Waals surface area contributed by atoms with Gasteiger partial charge < -0.3 is 43.4 Å². The maximum Gasteiger partial charge on any atom is 0.326 e. The molecule has 35 heavy (non-hydrogen) atoms. The fourth-order valence-corrected chi connectivity index (χ4v) is 2.75. The molecule has 15 heteroatoms. The van der Waals surface area contributed by atoms with E-state index < -0.39 is 78.5 Å². The number of hydrogen-bond donors (Lipinski definition) is 8. The van der Waals surface area contributed by atoms with E-state index in [9.17, 15) is 38.7 Å². The van der Waals surface area contributed by atoms with Crippen LogP contribution in [0.3, 0.4) is 0 Å². The zero-order valence-corrected chi connectivity index (χ0v) is 19.6. The van der Waals surface area contributed by atoms with Crippen LogP contribution in [0.1, 0.15) is 52.4 Å². The molecule has 0 aromatic heterocycles. The van der Waals surface area contributed by atoms with Crippen molar-refractivity contribution in [3.05, 3.63) is 0 Å². The molecule has 4 atom stereocenters. The molecular formula is C20H34N6O9. The second-order valence-corrected chi connectivity index (χ2v) is 8.23. The molecule has 0 bridgehead atoms. The van der Waals surface area contributed by atoms with E-state index in [0.717, 1.165) is 0 Å². The zero-order chi connectivity index (χ0) is 27.3. The van der Waals surface area contributed by atoms with Crippen LogP contribution in [0.25, 0.3) is 0 Å². The summed E-state index contributed by atoms with van der Waals surface area (Å²) in [4.78, 5) is 82.4. The van der Waals surface area contributed by atoms with E-state index in [-0.39, 0.29) is 31.6 Å². The van der Waals surface area contributed by atoms with Crippen molar-refractivity contribution in [2.45, 2.75) is 76.5 Å². The van der Waals surface area contributed by atoms with Gasteiger partial charge in [-0.25, -0.2) is 4.79 Å². The zero-order valence-electron chi connectivity index (χ0n) is 19.6. The Morgan fingerprint density at radius 3 is 1.37 bits per heavy atom. The fraction of sp³-hybridized carbons (Fsp3) is 0.650. The molecule has 4 unspecified atom stereocenters. The lowest BCUT2D eigenvalue weighted by Gasteiger charge is -2.25. The van der Waals surface area contributed by atoms with Gasteiger partial charge in [-0.05, 0) is 25.2 Å². The van der Waals surface area contributed by atoms with Gasteiger partial charge in [0.05, 0.1) is 6.04 Å². The average molecular weight is 503 g/mol. The van der Waals surface area contributed by atoms with E-state index in [1.165, 1.54) is 0 Å². The maximum absolute atomic E-state index is 12.9. The third-order valence-electron chi connectivity index (χ3n) is 4.91. The molecule has 198 valence electrons. The lowest BCUT2D eigenvalue weighted by Crippen LogP contribution is -2.57. The number of aliphatic carboxylic acids is 2. The van der Waals surface area contributed by atoms with Crippen molar-refractivity contribution in [3.63, 3.8) is 0 Å². The van der Waals surface area contributed by atoms with Crippen molar-refractivity contribution in [1.29, 1.82) is 0 Å². The largest absolute Gasteiger partial charge is 0.481 e. The number of carboxylic acid groups (broad SMARTS) is 2. The van der Waals surface area contributed by atoms with Gasteiger partial charge in [0.15, 0.2) is 0 Å². The second-order valence-electron chi connectivity index (χ2n) is 8.23. The van der Waals surface area contributed by atoms with Crippen LogP contribution in [0.4, 0.5) is 0 Å². The van der Waals surface area contributed by atoms with E-state index in [4.69, 9.17) is 22.3 Å². The fourth-order valence-electron chi connectivity index (χ4n) is 2.75. The van der Waals surface area contributed by atoms with E-state index in [2.05, 4.69) is 16.0 Å². The van der Waals surface area contributed by atoms with E-state index in [0.29, 0.717) is 0 Å². The number of rotatable bonds is 17. The first-order valence-corrected chi connectivity index (χ1v) is 10.8. The Labute approximate surface area is 201 Å².